The Hall–Kier alpha value is -0.660. The number of ether oxygens (including phenoxy) is 1. The van der Waals surface area contributed by atoms with Gasteiger partial charge in [0.1, 0.15) is 4.90 Å². The topological polar surface area (TPSA) is 81.4 Å². The van der Waals surface area contributed by atoms with Crippen molar-refractivity contribution in [3.63, 3.8) is 0 Å². The zero-order chi connectivity index (χ0) is 14.8. The van der Waals surface area contributed by atoms with Crippen molar-refractivity contribution in [1.29, 1.82) is 0 Å². The van der Waals surface area contributed by atoms with Gasteiger partial charge in [-0.05, 0) is 37.0 Å². The maximum Gasteiger partial charge on any atom is 0.242 e. The van der Waals surface area contributed by atoms with Crippen molar-refractivity contribution in [2.45, 2.75) is 36.3 Å². The smallest absolute Gasteiger partial charge is 0.242 e. The third kappa shape index (κ3) is 3.15. The van der Waals surface area contributed by atoms with Crippen LogP contribution in [0.4, 0.5) is 0 Å². The SMILES string of the molecule is COC1(CNS(=O)(=O)c2ccc(CN)cc2Cl)CCC1. The van der Waals surface area contributed by atoms with E-state index in [4.69, 9.17) is 22.1 Å². The minimum atomic E-state index is -3.64. The highest BCUT2D eigenvalue weighted by atomic mass is 35.5. The number of halogens is 1. The van der Waals surface area contributed by atoms with Crippen molar-refractivity contribution < 1.29 is 13.2 Å². The van der Waals surface area contributed by atoms with Gasteiger partial charge in [-0.1, -0.05) is 17.7 Å². The first kappa shape index (κ1) is 15.7. The van der Waals surface area contributed by atoms with Gasteiger partial charge in [-0.15, -0.1) is 0 Å². The summed E-state index contributed by atoms with van der Waals surface area (Å²) in [4.78, 5) is 0.0712. The number of nitrogens with two attached hydrogens (primary N) is 1. The van der Waals surface area contributed by atoms with Crippen molar-refractivity contribution in [3.05, 3.63) is 28.8 Å². The fourth-order valence-electron chi connectivity index (χ4n) is 2.22. The van der Waals surface area contributed by atoms with E-state index < -0.39 is 10.0 Å². The molecule has 7 heteroatoms. The zero-order valence-corrected chi connectivity index (χ0v) is 12.9. The molecule has 0 bridgehead atoms. The molecule has 1 fully saturated rings. The summed E-state index contributed by atoms with van der Waals surface area (Å²) in [6.07, 6.45) is 2.79. The van der Waals surface area contributed by atoms with Gasteiger partial charge in [-0.2, -0.15) is 0 Å². The first-order chi connectivity index (χ1) is 9.42. The Bertz CT molecular complexity index is 580. The average Bonchev–Trinajstić information content (AvgIpc) is 2.37. The van der Waals surface area contributed by atoms with Crippen LogP contribution in [0.2, 0.25) is 5.02 Å². The number of methoxy groups -OCH3 is 1. The first-order valence-corrected chi connectivity index (χ1v) is 8.32. The maximum absolute atomic E-state index is 12.3. The summed E-state index contributed by atoms with van der Waals surface area (Å²) in [7, 11) is -2.03. The Morgan fingerprint density at radius 2 is 2.15 bits per heavy atom. The van der Waals surface area contributed by atoms with Crippen molar-refractivity contribution in [3.8, 4) is 0 Å². The molecule has 112 valence electrons. The summed E-state index contributed by atoms with van der Waals surface area (Å²) in [5.74, 6) is 0. The van der Waals surface area contributed by atoms with Crippen LogP contribution in [0, 0.1) is 0 Å². The van der Waals surface area contributed by atoms with Crippen LogP contribution in [-0.2, 0) is 21.3 Å². The molecule has 0 radical (unpaired) electrons. The third-order valence-corrected chi connectivity index (χ3v) is 5.69. The Labute approximate surface area is 124 Å². The van der Waals surface area contributed by atoms with Gasteiger partial charge in [0, 0.05) is 20.2 Å². The molecule has 0 aromatic heterocycles. The van der Waals surface area contributed by atoms with E-state index in [1.165, 1.54) is 6.07 Å². The molecular formula is C13H19ClN2O3S. The molecule has 5 nitrogen and oxygen atoms in total. The predicted molar refractivity (Wildman–Crippen MR) is 78.1 cm³/mol. The molecular weight excluding hydrogens is 300 g/mol. The van der Waals surface area contributed by atoms with E-state index in [0.29, 0.717) is 6.54 Å². The second-order valence-electron chi connectivity index (χ2n) is 5.03. The summed E-state index contributed by atoms with van der Waals surface area (Å²) in [5, 5.41) is 0.181. The summed E-state index contributed by atoms with van der Waals surface area (Å²) >= 11 is 6.02. The van der Waals surface area contributed by atoms with E-state index in [1.54, 1.807) is 19.2 Å². The number of nitrogens with one attached hydrogen (secondary N) is 1. The lowest BCUT2D eigenvalue weighted by Crippen LogP contribution is -2.49. The zero-order valence-electron chi connectivity index (χ0n) is 11.4. The standard InChI is InChI=1S/C13H19ClN2O3S/c1-19-13(5-2-6-13)9-16-20(17,18)12-4-3-10(8-15)7-11(12)14/h3-4,7,16H,2,5-6,8-9,15H2,1H3. The van der Waals surface area contributed by atoms with Crippen LogP contribution in [-0.4, -0.2) is 27.7 Å². The van der Waals surface area contributed by atoms with Crippen molar-refractivity contribution in [2.75, 3.05) is 13.7 Å². The Balaban J connectivity index is 2.14. The number of hydrogen-bond acceptors (Lipinski definition) is 4. The van der Waals surface area contributed by atoms with Crippen molar-refractivity contribution in [1.82, 2.24) is 4.72 Å². The van der Waals surface area contributed by atoms with E-state index in [-0.39, 0.29) is 22.1 Å². The maximum atomic E-state index is 12.3. The van der Waals surface area contributed by atoms with Crippen LogP contribution in [0.15, 0.2) is 23.1 Å². The first-order valence-electron chi connectivity index (χ1n) is 6.46. The van der Waals surface area contributed by atoms with E-state index in [9.17, 15) is 8.42 Å². The minimum Gasteiger partial charge on any atom is -0.377 e. The summed E-state index contributed by atoms with van der Waals surface area (Å²) in [6, 6.07) is 4.72. The van der Waals surface area contributed by atoms with Crippen LogP contribution in [0.5, 0.6) is 0 Å². The molecule has 0 amide bonds. The Morgan fingerprint density at radius 1 is 1.45 bits per heavy atom. The molecule has 1 saturated carbocycles. The molecule has 1 aliphatic rings. The molecule has 1 aromatic rings. The second kappa shape index (κ2) is 5.99. The molecule has 3 N–H and O–H groups in total. The fourth-order valence-corrected chi connectivity index (χ4v) is 3.90. The van der Waals surface area contributed by atoms with Gasteiger partial charge in [0.25, 0.3) is 0 Å². The molecule has 1 aromatic carbocycles. The number of sulfonamides is 1. The largest absolute Gasteiger partial charge is 0.377 e. The fraction of sp³-hybridized carbons (Fsp3) is 0.538. The molecule has 0 saturated heterocycles. The van der Waals surface area contributed by atoms with E-state index in [1.807, 2.05) is 0 Å². The highest BCUT2D eigenvalue weighted by Gasteiger charge is 2.38. The molecule has 0 heterocycles. The highest BCUT2D eigenvalue weighted by molar-refractivity contribution is 7.89. The van der Waals surface area contributed by atoms with Crippen LogP contribution in [0.1, 0.15) is 24.8 Å². The molecule has 0 aliphatic heterocycles. The summed E-state index contributed by atoms with van der Waals surface area (Å²) in [6.45, 7) is 0.584. The van der Waals surface area contributed by atoms with Gasteiger partial charge in [-0.25, -0.2) is 13.1 Å². The highest BCUT2D eigenvalue weighted by Crippen LogP contribution is 2.34. The Kier molecular flexibility index (Phi) is 4.71. The van der Waals surface area contributed by atoms with Crippen LogP contribution in [0.3, 0.4) is 0 Å². The van der Waals surface area contributed by atoms with Crippen LogP contribution in [0.25, 0.3) is 0 Å². The molecule has 2 rings (SSSR count). The Morgan fingerprint density at radius 3 is 2.60 bits per heavy atom. The van der Waals surface area contributed by atoms with Crippen molar-refractivity contribution in [2.24, 2.45) is 5.73 Å². The molecule has 20 heavy (non-hydrogen) atoms. The third-order valence-electron chi connectivity index (χ3n) is 3.80. The monoisotopic (exact) mass is 318 g/mol. The van der Waals surface area contributed by atoms with E-state index in [0.717, 1.165) is 24.8 Å². The lowest BCUT2D eigenvalue weighted by Gasteiger charge is -2.40. The van der Waals surface area contributed by atoms with E-state index >= 15 is 0 Å². The normalized spacial score (nSPS) is 17.8. The van der Waals surface area contributed by atoms with Crippen molar-refractivity contribution >= 4 is 21.6 Å². The lowest BCUT2D eigenvalue weighted by molar-refractivity contribution is -0.0659. The van der Waals surface area contributed by atoms with Gasteiger partial charge in [-0.3, -0.25) is 0 Å². The molecule has 0 spiro atoms. The average molecular weight is 319 g/mol. The van der Waals surface area contributed by atoms with Gasteiger partial charge in [0.15, 0.2) is 0 Å². The van der Waals surface area contributed by atoms with Gasteiger partial charge in [0.2, 0.25) is 10.0 Å². The van der Waals surface area contributed by atoms with E-state index in [2.05, 4.69) is 4.72 Å². The molecule has 0 atom stereocenters. The lowest BCUT2D eigenvalue weighted by atomic mass is 9.80. The van der Waals surface area contributed by atoms with Gasteiger partial charge >= 0.3 is 0 Å². The minimum absolute atomic E-state index is 0.0712. The number of rotatable bonds is 6. The summed E-state index contributed by atoms with van der Waals surface area (Å²) in [5.41, 5.74) is 5.93. The predicted octanol–water partition coefficient (Wildman–Crippen LogP) is 1.65. The molecule has 0 unspecified atom stereocenters. The summed E-state index contributed by atoms with van der Waals surface area (Å²) < 4.78 is 32.5. The van der Waals surface area contributed by atoms with Gasteiger partial charge in [0.05, 0.1) is 10.6 Å². The van der Waals surface area contributed by atoms with Crippen LogP contribution >= 0.6 is 11.6 Å². The number of benzene rings is 1. The molecule has 1 aliphatic carbocycles. The van der Waals surface area contributed by atoms with Crippen LogP contribution < -0.4 is 10.5 Å². The van der Waals surface area contributed by atoms with Gasteiger partial charge < -0.3 is 10.5 Å². The second-order valence-corrected chi connectivity index (χ2v) is 7.18. The number of hydrogen-bond donors (Lipinski definition) is 2. The quantitative estimate of drug-likeness (QED) is 0.835.